The van der Waals surface area contributed by atoms with Crippen LogP contribution in [0.4, 0.5) is 18.9 Å². The predicted octanol–water partition coefficient (Wildman–Crippen LogP) is 1.96. The van der Waals surface area contributed by atoms with E-state index >= 15 is 0 Å². The van der Waals surface area contributed by atoms with Crippen LogP contribution >= 0.6 is 0 Å². The summed E-state index contributed by atoms with van der Waals surface area (Å²) in [6.45, 7) is 0.162. The SMILES string of the molecule is COCCOC/N=C1/NC2(c3cc([N+](=O)[O-])ccc3F)CCC(F)(F)CC2S(=O)(=O)N1C. The molecule has 1 saturated heterocycles. The number of methoxy groups -OCH3 is 1. The number of nitro groups is 1. The third-order valence-electron chi connectivity index (χ3n) is 5.67. The van der Waals surface area contributed by atoms with Gasteiger partial charge in [0, 0.05) is 44.7 Å². The maximum Gasteiger partial charge on any atom is 0.269 e. The Bertz CT molecular complexity index is 1020. The lowest BCUT2D eigenvalue weighted by molar-refractivity contribution is -0.385. The molecule has 1 heterocycles. The zero-order valence-electron chi connectivity index (χ0n) is 17.4. The van der Waals surface area contributed by atoms with Crippen LogP contribution in [0.5, 0.6) is 0 Å². The maximum absolute atomic E-state index is 14.9. The molecule has 0 bridgehead atoms. The Morgan fingerprint density at radius 1 is 1.34 bits per heavy atom. The van der Waals surface area contributed by atoms with E-state index in [0.717, 1.165) is 25.2 Å². The molecule has 178 valence electrons. The van der Waals surface area contributed by atoms with Gasteiger partial charge in [0.25, 0.3) is 5.69 Å². The van der Waals surface area contributed by atoms with E-state index in [0.29, 0.717) is 4.31 Å². The van der Waals surface area contributed by atoms with Crippen molar-refractivity contribution < 1.29 is 36.0 Å². The number of rotatable bonds is 7. The minimum Gasteiger partial charge on any atom is -0.382 e. The first-order valence-electron chi connectivity index (χ1n) is 9.64. The molecule has 0 radical (unpaired) electrons. The van der Waals surface area contributed by atoms with Crippen LogP contribution in [-0.4, -0.2) is 68.9 Å². The number of alkyl halides is 2. The lowest BCUT2D eigenvalue weighted by atomic mass is 9.74. The van der Waals surface area contributed by atoms with Crippen LogP contribution in [0, 0.1) is 15.9 Å². The predicted molar refractivity (Wildman–Crippen MR) is 107 cm³/mol. The summed E-state index contributed by atoms with van der Waals surface area (Å²) < 4.78 is 80.7. The Morgan fingerprint density at radius 3 is 2.72 bits per heavy atom. The number of hydrogen-bond donors (Lipinski definition) is 1. The minimum absolute atomic E-state index is 0.170. The molecule has 1 aliphatic carbocycles. The fourth-order valence-electron chi connectivity index (χ4n) is 3.98. The number of non-ortho nitro benzene ring substituents is 1. The van der Waals surface area contributed by atoms with Crippen molar-refractivity contribution in [3.8, 4) is 0 Å². The number of benzene rings is 1. The average molecular weight is 480 g/mol. The zero-order chi connectivity index (χ0) is 23.7. The Labute approximate surface area is 182 Å². The van der Waals surface area contributed by atoms with Crippen LogP contribution in [-0.2, 0) is 25.0 Å². The molecule has 1 saturated carbocycles. The van der Waals surface area contributed by atoms with Crippen molar-refractivity contribution in [3.05, 3.63) is 39.7 Å². The van der Waals surface area contributed by atoms with E-state index in [-0.39, 0.29) is 31.5 Å². The Kier molecular flexibility index (Phi) is 6.67. The summed E-state index contributed by atoms with van der Waals surface area (Å²) in [6, 6.07) is 2.62. The second kappa shape index (κ2) is 8.83. The largest absolute Gasteiger partial charge is 0.382 e. The van der Waals surface area contributed by atoms with Crippen molar-refractivity contribution in [1.82, 2.24) is 9.62 Å². The molecule has 2 fully saturated rings. The number of hydrogen-bond acceptors (Lipinski definition) is 7. The van der Waals surface area contributed by atoms with Crippen molar-refractivity contribution in [3.63, 3.8) is 0 Å². The fourth-order valence-corrected chi connectivity index (χ4v) is 5.97. The third kappa shape index (κ3) is 4.38. The van der Waals surface area contributed by atoms with Gasteiger partial charge < -0.3 is 14.8 Å². The van der Waals surface area contributed by atoms with Gasteiger partial charge in [0.15, 0.2) is 0 Å². The van der Waals surface area contributed by atoms with E-state index in [1.807, 2.05) is 0 Å². The number of nitrogens with one attached hydrogen (secondary N) is 1. The highest BCUT2D eigenvalue weighted by Gasteiger charge is 2.61. The van der Waals surface area contributed by atoms with E-state index in [1.54, 1.807) is 0 Å². The molecule has 3 rings (SSSR count). The summed E-state index contributed by atoms with van der Waals surface area (Å²) in [6.07, 6.45) is -2.30. The minimum atomic E-state index is -4.44. The van der Waals surface area contributed by atoms with Gasteiger partial charge in [-0.1, -0.05) is 0 Å². The number of nitro benzene ring substituents is 1. The summed E-state index contributed by atoms with van der Waals surface area (Å²) in [5, 5.41) is 12.3. The highest BCUT2D eigenvalue weighted by molar-refractivity contribution is 7.90. The van der Waals surface area contributed by atoms with Crippen LogP contribution < -0.4 is 5.32 Å². The number of aliphatic imine (C=N–C) groups is 1. The molecule has 1 aromatic carbocycles. The first kappa shape index (κ1) is 24.2. The Hall–Kier alpha value is -2.45. The van der Waals surface area contributed by atoms with Crippen molar-refractivity contribution in [2.45, 2.75) is 36.0 Å². The molecule has 2 atom stereocenters. The molecule has 2 aliphatic rings. The highest BCUT2D eigenvalue weighted by atomic mass is 32.2. The van der Waals surface area contributed by atoms with Gasteiger partial charge in [0.1, 0.15) is 17.8 Å². The fraction of sp³-hybridized carbons (Fsp3) is 0.611. The normalized spacial score (nSPS) is 27.6. The Morgan fingerprint density at radius 2 is 2.06 bits per heavy atom. The van der Waals surface area contributed by atoms with Gasteiger partial charge in [0.05, 0.1) is 23.7 Å². The molecule has 1 N–H and O–H groups in total. The molecule has 1 aromatic rings. The number of nitrogens with zero attached hydrogens (tertiary/aromatic N) is 3. The molecule has 0 amide bonds. The van der Waals surface area contributed by atoms with Gasteiger partial charge in [-0.25, -0.2) is 30.9 Å². The summed E-state index contributed by atoms with van der Waals surface area (Å²) in [7, 11) is -1.84. The molecule has 1 aliphatic heterocycles. The number of fused-ring (bicyclic) bond motifs is 1. The van der Waals surface area contributed by atoms with Crippen molar-refractivity contribution in [1.29, 1.82) is 0 Å². The monoisotopic (exact) mass is 480 g/mol. The molecule has 14 heteroatoms. The second-order valence-electron chi connectivity index (χ2n) is 7.59. The molecule has 0 spiro atoms. The summed E-state index contributed by atoms with van der Waals surface area (Å²) in [5.74, 6) is -4.50. The molecular formula is C18H23F3N4O6S. The molecule has 2 unspecified atom stereocenters. The Balaban J connectivity index is 2.12. The van der Waals surface area contributed by atoms with Crippen LogP contribution in [0.3, 0.4) is 0 Å². The summed E-state index contributed by atoms with van der Waals surface area (Å²) in [4.78, 5) is 14.5. The van der Waals surface area contributed by atoms with Gasteiger partial charge in [0.2, 0.25) is 21.9 Å². The van der Waals surface area contributed by atoms with Gasteiger partial charge in [-0.05, 0) is 12.5 Å². The van der Waals surface area contributed by atoms with Crippen LogP contribution in [0.25, 0.3) is 0 Å². The lowest BCUT2D eigenvalue weighted by Gasteiger charge is -2.52. The quantitative estimate of drug-likeness (QED) is 0.359. The summed E-state index contributed by atoms with van der Waals surface area (Å²) >= 11 is 0. The van der Waals surface area contributed by atoms with Crippen LogP contribution in [0.1, 0.15) is 24.8 Å². The van der Waals surface area contributed by atoms with Gasteiger partial charge in [-0.3, -0.25) is 10.1 Å². The number of sulfonamides is 1. The lowest BCUT2D eigenvalue weighted by Crippen LogP contribution is -2.70. The number of guanidine groups is 1. The zero-order valence-corrected chi connectivity index (χ0v) is 18.2. The second-order valence-corrected chi connectivity index (χ2v) is 9.74. The molecule has 10 nitrogen and oxygen atoms in total. The first-order valence-corrected chi connectivity index (χ1v) is 11.1. The standard InChI is InChI=1S/C18H23F3N4O6S/c1-24-16(22-11-31-8-7-30-2)23-18(13-9-12(25(26)27)3-4-14(13)19)6-5-17(20,21)10-15(18)32(24,28)29/h3-4,9,15H,5-8,10-11H2,1-2H3,(H,22,23). The van der Waals surface area contributed by atoms with Crippen molar-refractivity contribution in [2.75, 3.05) is 34.1 Å². The van der Waals surface area contributed by atoms with Gasteiger partial charge >= 0.3 is 0 Å². The van der Waals surface area contributed by atoms with E-state index in [1.165, 1.54) is 7.11 Å². The maximum atomic E-state index is 14.9. The molecular weight excluding hydrogens is 457 g/mol. The number of halogens is 3. The highest BCUT2D eigenvalue weighted by Crippen LogP contribution is 2.50. The smallest absolute Gasteiger partial charge is 0.269 e. The topological polar surface area (TPSA) is 123 Å². The van der Waals surface area contributed by atoms with Crippen molar-refractivity contribution in [2.24, 2.45) is 4.99 Å². The van der Waals surface area contributed by atoms with E-state index < -0.39 is 62.4 Å². The molecule has 0 aromatic heterocycles. The van der Waals surface area contributed by atoms with Gasteiger partial charge in [-0.2, -0.15) is 0 Å². The van der Waals surface area contributed by atoms with Crippen LogP contribution in [0.2, 0.25) is 0 Å². The van der Waals surface area contributed by atoms with Crippen molar-refractivity contribution >= 4 is 21.7 Å². The number of ether oxygens (including phenoxy) is 2. The third-order valence-corrected chi connectivity index (χ3v) is 7.90. The summed E-state index contributed by atoms with van der Waals surface area (Å²) in [5.41, 5.74) is -2.75. The van der Waals surface area contributed by atoms with E-state index in [9.17, 15) is 31.7 Å². The van der Waals surface area contributed by atoms with Crippen LogP contribution in [0.15, 0.2) is 23.2 Å². The first-order chi connectivity index (χ1) is 14.9. The van der Waals surface area contributed by atoms with Gasteiger partial charge in [-0.15, -0.1) is 0 Å². The molecule has 32 heavy (non-hydrogen) atoms. The average Bonchev–Trinajstić information content (AvgIpc) is 2.72. The van der Waals surface area contributed by atoms with E-state index in [2.05, 4.69) is 10.3 Å². The van der Waals surface area contributed by atoms with E-state index in [4.69, 9.17) is 9.47 Å².